The number of hydrogen-bond acceptors (Lipinski definition) is 7. The molecule has 0 bridgehead atoms. The number of hydrogen-bond donors (Lipinski definition) is 3. The zero-order valence-electron chi connectivity index (χ0n) is 12.1. The largest absolute Gasteiger partial charge is 0.468 e. The molecular formula is C11H15N3O7S2. The molecule has 0 fully saturated rings. The normalized spacial score (nSPS) is 13.2. The summed E-state index contributed by atoms with van der Waals surface area (Å²) in [4.78, 5) is 22.5. The average molecular weight is 365 g/mol. The van der Waals surface area contributed by atoms with E-state index in [9.17, 15) is 26.4 Å². The number of benzene rings is 1. The van der Waals surface area contributed by atoms with Crippen LogP contribution in [-0.4, -0.2) is 42.1 Å². The zero-order valence-corrected chi connectivity index (χ0v) is 13.8. The number of ether oxygens (including phenoxy) is 1. The highest BCUT2D eigenvalue weighted by molar-refractivity contribution is 7.92. The third kappa shape index (κ3) is 4.91. The maximum Gasteiger partial charge on any atom is 0.322 e. The molecule has 1 aromatic carbocycles. The Kier molecular flexibility index (Phi) is 5.35. The van der Waals surface area contributed by atoms with Crippen molar-refractivity contribution in [2.75, 3.05) is 18.1 Å². The van der Waals surface area contributed by atoms with E-state index in [1.54, 1.807) is 0 Å². The van der Waals surface area contributed by atoms with Crippen LogP contribution in [0.25, 0.3) is 0 Å². The summed E-state index contributed by atoms with van der Waals surface area (Å²) in [6, 6.07) is 3.09. The molecule has 0 spiro atoms. The molecule has 23 heavy (non-hydrogen) atoms. The molecule has 128 valence electrons. The smallest absolute Gasteiger partial charge is 0.322 e. The number of nitrogens with one attached hydrogen (secondary N) is 1. The second-order valence-electron chi connectivity index (χ2n) is 4.53. The summed E-state index contributed by atoms with van der Waals surface area (Å²) >= 11 is 0. The number of carbonyl (C=O) groups is 2. The Morgan fingerprint density at radius 3 is 2.17 bits per heavy atom. The highest BCUT2D eigenvalue weighted by Crippen LogP contribution is 2.28. The monoisotopic (exact) mass is 365 g/mol. The van der Waals surface area contributed by atoms with Crippen LogP contribution in [-0.2, 0) is 34.4 Å². The van der Waals surface area contributed by atoms with Gasteiger partial charge in [-0.05, 0) is 17.7 Å². The molecule has 0 aliphatic carbocycles. The lowest BCUT2D eigenvalue weighted by atomic mass is 9.98. The molecule has 1 amide bonds. The molecule has 1 unspecified atom stereocenters. The quantitative estimate of drug-likeness (QED) is 0.403. The minimum absolute atomic E-state index is 0.117. The van der Waals surface area contributed by atoms with Crippen LogP contribution >= 0.6 is 0 Å². The van der Waals surface area contributed by atoms with Crippen LogP contribution in [0, 0.1) is 0 Å². The van der Waals surface area contributed by atoms with E-state index in [0.717, 1.165) is 31.6 Å². The minimum atomic E-state index is -4.38. The van der Waals surface area contributed by atoms with Crippen molar-refractivity contribution >= 4 is 37.6 Å². The summed E-state index contributed by atoms with van der Waals surface area (Å²) < 4.78 is 52.3. The van der Waals surface area contributed by atoms with Crippen LogP contribution < -0.4 is 15.6 Å². The fourth-order valence-electron chi connectivity index (χ4n) is 1.81. The van der Waals surface area contributed by atoms with Crippen LogP contribution in [0.3, 0.4) is 0 Å². The van der Waals surface area contributed by atoms with Gasteiger partial charge in [0.15, 0.2) is 5.92 Å². The van der Waals surface area contributed by atoms with Gasteiger partial charge in [-0.15, -0.1) is 0 Å². The Hall–Kier alpha value is -2.18. The van der Waals surface area contributed by atoms with E-state index in [-0.39, 0.29) is 11.3 Å². The fourth-order valence-corrected chi connectivity index (χ4v) is 3.17. The van der Waals surface area contributed by atoms with Gasteiger partial charge in [-0.3, -0.25) is 14.3 Å². The van der Waals surface area contributed by atoms with Gasteiger partial charge < -0.3 is 10.5 Å². The predicted octanol–water partition coefficient (Wildman–Crippen LogP) is -1.55. The van der Waals surface area contributed by atoms with Crippen LogP contribution in [0.15, 0.2) is 23.1 Å². The number of amides is 1. The van der Waals surface area contributed by atoms with Crippen LogP contribution in [0.1, 0.15) is 11.5 Å². The van der Waals surface area contributed by atoms with Crippen molar-refractivity contribution in [1.82, 2.24) is 0 Å². The van der Waals surface area contributed by atoms with Crippen molar-refractivity contribution in [3.8, 4) is 0 Å². The molecule has 12 heteroatoms. The van der Waals surface area contributed by atoms with E-state index >= 15 is 0 Å². The molecule has 1 atom stereocenters. The van der Waals surface area contributed by atoms with Gasteiger partial charge in [0.2, 0.25) is 26.0 Å². The highest BCUT2D eigenvalue weighted by Gasteiger charge is 2.32. The molecule has 0 aromatic heterocycles. The number of carbonyl (C=O) groups excluding carboxylic acids is 2. The maximum atomic E-state index is 11.7. The van der Waals surface area contributed by atoms with E-state index in [1.807, 2.05) is 0 Å². The second kappa shape index (κ2) is 6.52. The van der Waals surface area contributed by atoms with Gasteiger partial charge in [0.05, 0.1) is 18.3 Å². The van der Waals surface area contributed by atoms with E-state index in [4.69, 9.17) is 10.9 Å². The molecule has 0 heterocycles. The number of primary sulfonamides is 1. The Bertz CT molecular complexity index is 846. The Balaban J connectivity index is 3.60. The zero-order chi connectivity index (χ0) is 18.0. The number of anilines is 1. The van der Waals surface area contributed by atoms with Crippen molar-refractivity contribution in [3.63, 3.8) is 0 Å². The van der Waals surface area contributed by atoms with Gasteiger partial charge in [-0.1, -0.05) is 6.07 Å². The summed E-state index contributed by atoms with van der Waals surface area (Å²) in [5.74, 6) is -3.93. The van der Waals surface area contributed by atoms with Crippen molar-refractivity contribution in [1.29, 1.82) is 0 Å². The Labute approximate surface area is 132 Å². The van der Waals surface area contributed by atoms with Crippen LogP contribution in [0.2, 0.25) is 0 Å². The lowest BCUT2D eigenvalue weighted by molar-refractivity contribution is -0.145. The molecule has 1 aromatic rings. The number of sulfonamides is 2. The molecule has 0 saturated heterocycles. The van der Waals surface area contributed by atoms with Gasteiger partial charge in [0, 0.05) is 5.69 Å². The SMILES string of the molecule is COC(=O)C(C(N)=O)c1ccc(NS(C)(=O)=O)cc1S(N)(=O)=O. The lowest BCUT2D eigenvalue weighted by Gasteiger charge is -2.16. The maximum absolute atomic E-state index is 11.7. The number of primary amides is 1. The van der Waals surface area contributed by atoms with E-state index in [0.29, 0.717) is 0 Å². The first-order valence-corrected chi connectivity index (χ1v) is 9.32. The third-order valence-electron chi connectivity index (χ3n) is 2.66. The van der Waals surface area contributed by atoms with Gasteiger partial charge in [-0.2, -0.15) is 0 Å². The molecule has 0 aliphatic rings. The molecule has 5 N–H and O–H groups in total. The first-order valence-electron chi connectivity index (χ1n) is 5.88. The van der Waals surface area contributed by atoms with Crippen molar-refractivity contribution in [2.45, 2.75) is 10.8 Å². The predicted molar refractivity (Wildman–Crippen MR) is 80.2 cm³/mol. The Morgan fingerprint density at radius 1 is 1.22 bits per heavy atom. The number of methoxy groups -OCH3 is 1. The molecule has 1 rings (SSSR count). The molecule has 10 nitrogen and oxygen atoms in total. The molecule has 0 saturated carbocycles. The first kappa shape index (κ1) is 18.9. The van der Waals surface area contributed by atoms with Crippen molar-refractivity contribution in [2.24, 2.45) is 10.9 Å². The van der Waals surface area contributed by atoms with Crippen molar-refractivity contribution in [3.05, 3.63) is 23.8 Å². The minimum Gasteiger partial charge on any atom is -0.468 e. The Morgan fingerprint density at radius 2 is 1.78 bits per heavy atom. The molecular weight excluding hydrogens is 350 g/mol. The van der Waals surface area contributed by atoms with Crippen LogP contribution in [0.5, 0.6) is 0 Å². The van der Waals surface area contributed by atoms with E-state index < -0.39 is 42.7 Å². The highest BCUT2D eigenvalue weighted by atomic mass is 32.2. The summed E-state index contributed by atoms with van der Waals surface area (Å²) in [6.07, 6.45) is 0.859. The third-order valence-corrected chi connectivity index (χ3v) is 4.23. The molecule has 0 radical (unpaired) electrons. The summed E-state index contributed by atoms with van der Waals surface area (Å²) in [5, 5.41) is 5.06. The van der Waals surface area contributed by atoms with Gasteiger partial charge in [-0.25, -0.2) is 22.0 Å². The van der Waals surface area contributed by atoms with Crippen molar-refractivity contribution < 1.29 is 31.2 Å². The number of esters is 1. The summed E-state index contributed by atoms with van der Waals surface area (Å²) in [7, 11) is -7.07. The lowest BCUT2D eigenvalue weighted by Crippen LogP contribution is -2.31. The second-order valence-corrected chi connectivity index (χ2v) is 7.81. The first-order chi connectivity index (χ1) is 10.4. The molecule has 0 aliphatic heterocycles. The number of rotatable bonds is 6. The van der Waals surface area contributed by atoms with E-state index in [1.165, 1.54) is 0 Å². The number of nitrogens with two attached hydrogens (primary N) is 2. The van der Waals surface area contributed by atoms with E-state index in [2.05, 4.69) is 9.46 Å². The average Bonchev–Trinajstić information content (AvgIpc) is 2.36. The summed E-state index contributed by atoms with van der Waals surface area (Å²) in [5.41, 5.74) is 4.68. The topological polar surface area (TPSA) is 176 Å². The van der Waals surface area contributed by atoms with Gasteiger partial charge >= 0.3 is 5.97 Å². The fraction of sp³-hybridized carbons (Fsp3) is 0.273. The van der Waals surface area contributed by atoms with Gasteiger partial charge in [0.1, 0.15) is 0 Å². The standard InChI is InChI=1S/C11H15N3O7S2/c1-21-11(16)9(10(12)15)7-4-3-6(14-22(2,17)18)5-8(7)23(13,19)20/h3-5,9,14H,1-2H3,(H2,12,15)(H2,13,19,20). The van der Waals surface area contributed by atoms with Gasteiger partial charge in [0.25, 0.3) is 0 Å². The summed E-state index contributed by atoms with van der Waals surface area (Å²) in [6.45, 7) is 0. The van der Waals surface area contributed by atoms with Crippen LogP contribution in [0.4, 0.5) is 5.69 Å².